The highest BCUT2D eigenvalue weighted by atomic mass is 35.5. The van der Waals surface area contributed by atoms with E-state index < -0.39 is 53.1 Å². The molecule has 0 radical (unpaired) electrons. The Hall–Kier alpha value is -7.06. The van der Waals surface area contributed by atoms with Crippen molar-refractivity contribution in [3.8, 4) is 0 Å². The van der Waals surface area contributed by atoms with E-state index in [4.69, 9.17) is 25.8 Å². The molecule has 5 heterocycles. The number of aryl methyl sites for hydroxylation is 3. The minimum Gasteiger partial charge on any atom is -0.444 e. The standard InChI is InChI=1S/C58H76ClF2N13O9S/c1-35-13-12-16-40(59)48(35)67-52(76)44-34-63-56(84-44)66-45-33-46(65-37(3)64-45)72-20-18-71(19-21-72)26-28-82-30-29-81-27-17-62-53(77)47-39-31-41(60)42(61)32-43(39)70(8)50(47)55(79)74-24-22-73(23-25-74)54(78)49(38-14-10-9-11-15-38)68-51(75)36(2)69(7)57(80)83-58(4,5)6/h12-13,16,31-34,36,38,49H,9-11,14-15,17-30H2,1-8H3,(H,62,77)(H,67,76)(H,68,75)(H,63,64,65,66). The number of amides is 6. The van der Waals surface area contributed by atoms with Crippen molar-refractivity contribution in [2.45, 2.75) is 91.3 Å². The van der Waals surface area contributed by atoms with Gasteiger partial charge in [-0.15, -0.1) is 0 Å². The lowest BCUT2D eigenvalue weighted by Crippen LogP contribution is -2.60. The number of benzene rings is 2. The number of likely N-dealkylation sites (N-methyl/N-ethyl adjacent to an activating group) is 1. The number of hydrogen-bond donors (Lipinski definition) is 4. The van der Waals surface area contributed by atoms with E-state index in [0.29, 0.717) is 52.1 Å². The van der Waals surface area contributed by atoms with Crippen molar-refractivity contribution >= 4 is 91.9 Å². The van der Waals surface area contributed by atoms with Gasteiger partial charge in [-0.05, 0) is 78.0 Å². The summed E-state index contributed by atoms with van der Waals surface area (Å²) in [6.07, 6.45) is 5.16. The lowest BCUT2D eigenvalue weighted by Gasteiger charge is -2.39. The van der Waals surface area contributed by atoms with Gasteiger partial charge in [0.15, 0.2) is 16.8 Å². The Balaban J connectivity index is 0.771. The van der Waals surface area contributed by atoms with Crippen molar-refractivity contribution < 1.29 is 51.8 Å². The Bertz CT molecular complexity index is 3170. The number of fused-ring (bicyclic) bond motifs is 1. The van der Waals surface area contributed by atoms with Gasteiger partial charge in [0.1, 0.15) is 45.7 Å². The van der Waals surface area contributed by atoms with E-state index in [0.717, 1.165) is 81.8 Å². The zero-order valence-electron chi connectivity index (χ0n) is 48.9. The van der Waals surface area contributed by atoms with Crippen molar-refractivity contribution in [3.63, 3.8) is 0 Å². The summed E-state index contributed by atoms with van der Waals surface area (Å²) in [5.41, 5.74) is 0.598. The van der Waals surface area contributed by atoms with Gasteiger partial charge in [0.2, 0.25) is 11.8 Å². The number of thiazole rings is 1. The van der Waals surface area contributed by atoms with Gasteiger partial charge >= 0.3 is 6.09 Å². The summed E-state index contributed by atoms with van der Waals surface area (Å²) in [7, 11) is 2.98. The summed E-state index contributed by atoms with van der Waals surface area (Å²) in [4.78, 5) is 105. The van der Waals surface area contributed by atoms with Gasteiger partial charge in [-0.3, -0.25) is 33.8 Å². The highest BCUT2D eigenvalue weighted by Gasteiger charge is 2.39. The van der Waals surface area contributed by atoms with Crippen molar-refractivity contribution in [1.29, 1.82) is 0 Å². The molecule has 6 amide bonds. The molecule has 4 N–H and O–H groups in total. The number of ether oxygens (including phenoxy) is 3. The van der Waals surface area contributed by atoms with Crippen molar-refractivity contribution in [3.05, 3.63) is 86.8 Å². The van der Waals surface area contributed by atoms with Crippen LogP contribution < -0.4 is 26.2 Å². The predicted molar refractivity (Wildman–Crippen MR) is 316 cm³/mol. The van der Waals surface area contributed by atoms with Gasteiger partial charge in [0, 0.05) is 97.1 Å². The maximum absolute atomic E-state index is 14.8. The topological polar surface area (TPSA) is 238 Å². The molecule has 1 aliphatic carbocycles. The molecule has 2 atom stereocenters. The minimum atomic E-state index is -1.18. The van der Waals surface area contributed by atoms with Gasteiger partial charge in [0.25, 0.3) is 17.7 Å². The average Bonchev–Trinajstić information content (AvgIpc) is 4.28. The predicted octanol–water partition coefficient (Wildman–Crippen LogP) is 7.16. The summed E-state index contributed by atoms with van der Waals surface area (Å²) in [5.74, 6) is -2.84. The van der Waals surface area contributed by atoms with Crippen LogP contribution in [0.3, 0.4) is 0 Å². The smallest absolute Gasteiger partial charge is 0.410 e. The van der Waals surface area contributed by atoms with Crippen LogP contribution in [0.2, 0.25) is 5.02 Å². The molecule has 454 valence electrons. The molecule has 8 rings (SSSR count). The van der Waals surface area contributed by atoms with Gasteiger partial charge in [-0.2, -0.15) is 0 Å². The number of halogens is 3. The van der Waals surface area contributed by atoms with Crippen LogP contribution in [0.5, 0.6) is 0 Å². The number of anilines is 4. The van der Waals surface area contributed by atoms with Gasteiger partial charge < -0.3 is 54.7 Å². The quantitative estimate of drug-likeness (QED) is 0.0534. The van der Waals surface area contributed by atoms with Crippen LogP contribution in [0, 0.1) is 31.4 Å². The molecule has 0 bridgehead atoms. The number of nitrogens with one attached hydrogen (secondary N) is 4. The molecule has 3 fully saturated rings. The Morgan fingerprint density at radius 3 is 2.23 bits per heavy atom. The summed E-state index contributed by atoms with van der Waals surface area (Å²) in [5, 5.41) is 12.9. The van der Waals surface area contributed by atoms with E-state index in [1.54, 1.807) is 38.7 Å². The summed E-state index contributed by atoms with van der Waals surface area (Å²) in [6.45, 7) is 15.8. The van der Waals surface area contributed by atoms with Crippen LogP contribution >= 0.6 is 22.9 Å². The number of piperazine rings is 2. The second kappa shape index (κ2) is 28.2. The Labute approximate surface area is 496 Å². The molecule has 3 aliphatic rings. The van der Waals surface area contributed by atoms with Crippen molar-refractivity contribution in [2.75, 3.05) is 114 Å². The van der Waals surface area contributed by atoms with E-state index in [1.165, 1.54) is 46.0 Å². The molecule has 2 unspecified atom stereocenters. The Morgan fingerprint density at radius 2 is 1.54 bits per heavy atom. The molecule has 0 spiro atoms. The highest BCUT2D eigenvalue weighted by molar-refractivity contribution is 7.17. The summed E-state index contributed by atoms with van der Waals surface area (Å²) >= 11 is 7.51. The van der Waals surface area contributed by atoms with E-state index >= 15 is 0 Å². The van der Waals surface area contributed by atoms with Crippen LogP contribution in [0.1, 0.15) is 102 Å². The number of hydrogen-bond acceptors (Lipinski definition) is 16. The fourth-order valence-electron chi connectivity index (χ4n) is 10.5. The number of carbonyl (C=O) groups is 6. The monoisotopic (exact) mass is 1200 g/mol. The van der Waals surface area contributed by atoms with Crippen LogP contribution in [0.25, 0.3) is 10.9 Å². The Morgan fingerprint density at radius 1 is 0.857 bits per heavy atom. The molecule has 2 aliphatic heterocycles. The van der Waals surface area contributed by atoms with E-state index in [2.05, 4.69) is 46.0 Å². The number of aromatic nitrogens is 4. The first-order valence-corrected chi connectivity index (χ1v) is 29.6. The first-order chi connectivity index (χ1) is 40.1. The first kappa shape index (κ1) is 63.0. The summed E-state index contributed by atoms with van der Waals surface area (Å²) in [6, 6.07) is 7.37. The molecule has 2 aromatic carbocycles. The second-order valence-electron chi connectivity index (χ2n) is 22.3. The van der Waals surface area contributed by atoms with Crippen LogP contribution in [-0.2, 0) is 30.8 Å². The van der Waals surface area contributed by atoms with Crippen molar-refractivity contribution in [1.82, 2.24) is 49.8 Å². The van der Waals surface area contributed by atoms with Gasteiger partial charge in [-0.1, -0.05) is 54.3 Å². The Kier molecular flexibility index (Phi) is 21.2. The molecular weight excluding hydrogens is 1130 g/mol. The fraction of sp³-hybridized carbons (Fsp3) is 0.534. The average molecular weight is 1200 g/mol. The molecule has 26 heteroatoms. The normalized spacial score (nSPS) is 16.1. The lowest BCUT2D eigenvalue weighted by molar-refractivity contribution is -0.140. The molecule has 5 aromatic rings. The molecular formula is C58H76ClF2N13O9S. The van der Waals surface area contributed by atoms with E-state index in [9.17, 15) is 37.5 Å². The second-order valence-corrected chi connectivity index (χ2v) is 23.8. The largest absolute Gasteiger partial charge is 0.444 e. The van der Waals surface area contributed by atoms with Crippen LogP contribution in [-0.4, -0.2) is 191 Å². The zero-order valence-corrected chi connectivity index (χ0v) is 50.5. The van der Waals surface area contributed by atoms with Crippen molar-refractivity contribution in [2.24, 2.45) is 13.0 Å². The van der Waals surface area contributed by atoms with Crippen LogP contribution in [0.4, 0.5) is 36.0 Å². The summed E-state index contributed by atoms with van der Waals surface area (Å²) < 4.78 is 48.0. The van der Waals surface area contributed by atoms with E-state index in [-0.39, 0.29) is 85.8 Å². The third kappa shape index (κ3) is 15.8. The fourth-order valence-corrected chi connectivity index (χ4v) is 11.5. The third-order valence-corrected chi connectivity index (χ3v) is 16.5. The third-order valence-electron chi connectivity index (χ3n) is 15.3. The SMILES string of the molecule is Cc1nc(Nc2ncc(C(=O)Nc3c(C)cccc3Cl)s2)cc(N2CCN(CCOCCOCCNC(=O)c3c(C(=O)N4CCN(C(=O)C(NC(=O)C(C)N(C)C(=O)OC(C)(C)C)C5CCCCC5)CC4)n(C)c4cc(F)c(F)cc34)CC2)n1. The molecule has 22 nitrogen and oxygen atoms in total. The van der Waals surface area contributed by atoms with Gasteiger partial charge in [-0.25, -0.2) is 28.5 Å². The molecule has 3 aromatic heterocycles. The minimum absolute atomic E-state index is 0.0470. The zero-order chi connectivity index (χ0) is 60.4. The number of rotatable bonds is 21. The number of carbonyl (C=O) groups excluding carboxylic acids is 6. The van der Waals surface area contributed by atoms with Crippen LogP contribution in [0.15, 0.2) is 42.6 Å². The van der Waals surface area contributed by atoms with E-state index in [1.807, 2.05) is 32.0 Å². The number of nitrogens with zero attached hydrogens (tertiary/aromatic N) is 9. The first-order valence-electron chi connectivity index (χ1n) is 28.4. The van der Waals surface area contributed by atoms with Gasteiger partial charge in [0.05, 0.1) is 54.4 Å². The lowest BCUT2D eigenvalue weighted by atomic mass is 9.83. The molecule has 2 saturated heterocycles. The maximum atomic E-state index is 14.8. The maximum Gasteiger partial charge on any atom is 0.410 e. The number of para-hydroxylation sites is 1. The highest BCUT2D eigenvalue weighted by Crippen LogP contribution is 2.32. The molecule has 84 heavy (non-hydrogen) atoms. The molecule has 1 saturated carbocycles.